The first-order chi connectivity index (χ1) is 27.3. The second kappa shape index (κ2) is 12.6. The van der Waals surface area contributed by atoms with E-state index in [1.807, 2.05) is 48.5 Å². The minimum absolute atomic E-state index is 0.582. The molecule has 9 aromatic carbocycles. The summed E-state index contributed by atoms with van der Waals surface area (Å²) in [5.74, 6) is 0.582. The Morgan fingerprint density at radius 1 is 0.382 bits per heavy atom. The molecule has 0 saturated carbocycles. The Kier molecular flexibility index (Phi) is 7.14. The zero-order chi connectivity index (χ0) is 36.3. The molecule has 0 aliphatic rings. The summed E-state index contributed by atoms with van der Waals surface area (Å²) in [7, 11) is 0. The van der Waals surface area contributed by atoms with Crippen molar-refractivity contribution < 1.29 is 8.83 Å². The third kappa shape index (κ3) is 5.19. The minimum Gasteiger partial charge on any atom is -0.455 e. The van der Waals surface area contributed by atoms with Crippen molar-refractivity contribution in [3.63, 3.8) is 0 Å². The predicted octanol–water partition coefficient (Wildman–Crippen LogP) is 14.5. The van der Waals surface area contributed by atoms with Crippen LogP contribution >= 0.6 is 0 Å². The number of oxazole rings is 1. The molecule has 2 aromatic heterocycles. The number of benzene rings is 9. The number of aromatic nitrogens is 1. The molecule has 11 rings (SSSR count). The lowest BCUT2D eigenvalue weighted by Gasteiger charge is -2.28. The molecule has 0 aliphatic carbocycles. The first kappa shape index (κ1) is 31.1. The molecule has 0 N–H and O–H groups in total. The van der Waals surface area contributed by atoms with Gasteiger partial charge in [0.1, 0.15) is 16.7 Å². The van der Waals surface area contributed by atoms with Crippen LogP contribution in [0.4, 0.5) is 17.1 Å². The summed E-state index contributed by atoms with van der Waals surface area (Å²) in [4.78, 5) is 7.48. The Balaban J connectivity index is 1.13. The average molecular weight is 705 g/mol. The predicted molar refractivity (Wildman–Crippen MR) is 227 cm³/mol. The van der Waals surface area contributed by atoms with Gasteiger partial charge in [-0.05, 0) is 87.4 Å². The van der Waals surface area contributed by atoms with Gasteiger partial charge in [-0.2, -0.15) is 0 Å². The van der Waals surface area contributed by atoms with Crippen LogP contribution in [0.15, 0.2) is 203 Å². The highest BCUT2D eigenvalue weighted by Gasteiger charge is 2.23. The lowest BCUT2D eigenvalue weighted by molar-refractivity contribution is 0.620. The van der Waals surface area contributed by atoms with Crippen molar-refractivity contribution in [2.45, 2.75) is 0 Å². The molecule has 0 aliphatic heterocycles. The van der Waals surface area contributed by atoms with E-state index < -0.39 is 0 Å². The van der Waals surface area contributed by atoms with E-state index in [0.29, 0.717) is 5.89 Å². The van der Waals surface area contributed by atoms with Crippen molar-refractivity contribution in [1.82, 2.24) is 4.98 Å². The molecular weight excluding hydrogens is 673 g/mol. The van der Waals surface area contributed by atoms with Crippen molar-refractivity contribution in [2.24, 2.45) is 0 Å². The summed E-state index contributed by atoms with van der Waals surface area (Å²) in [6.07, 6.45) is 0. The highest BCUT2D eigenvalue weighted by atomic mass is 16.4. The number of anilines is 3. The number of hydrogen-bond donors (Lipinski definition) is 0. The number of nitrogens with zero attached hydrogens (tertiary/aromatic N) is 2. The van der Waals surface area contributed by atoms with Crippen LogP contribution < -0.4 is 4.90 Å². The second-order valence-electron chi connectivity index (χ2n) is 13.9. The fraction of sp³-hybridized carbons (Fsp3) is 0. The van der Waals surface area contributed by atoms with Gasteiger partial charge in [-0.15, -0.1) is 0 Å². The van der Waals surface area contributed by atoms with E-state index in [1.54, 1.807) is 0 Å². The first-order valence-electron chi connectivity index (χ1n) is 18.5. The van der Waals surface area contributed by atoms with E-state index in [0.717, 1.165) is 72.4 Å². The third-order valence-electron chi connectivity index (χ3n) is 10.7. The molecule has 0 unspecified atom stereocenters. The normalized spacial score (nSPS) is 11.6. The molecule has 0 amide bonds. The largest absolute Gasteiger partial charge is 0.455 e. The molecule has 11 aromatic rings. The maximum Gasteiger partial charge on any atom is 0.227 e. The SMILES string of the molecule is c1ccc(-c2cccc(N(c3ccc(-c4c5nc(-c6ccccc6)oc5cc5c4oc4ccccc45)cc3)c3cc4ccccc4c4ccccc34)c2)cc1. The average Bonchev–Trinajstić information content (AvgIpc) is 3.86. The number of hydrogen-bond acceptors (Lipinski definition) is 4. The van der Waals surface area contributed by atoms with Gasteiger partial charge < -0.3 is 13.7 Å². The molecule has 4 nitrogen and oxygen atoms in total. The Hall–Kier alpha value is -7.43. The van der Waals surface area contributed by atoms with E-state index in [9.17, 15) is 0 Å². The fourth-order valence-corrected chi connectivity index (χ4v) is 8.09. The van der Waals surface area contributed by atoms with Gasteiger partial charge in [0.2, 0.25) is 5.89 Å². The molecule has 0 saturated heterocycles. The number of rotatable bonds is 6. The summed E-state index contributed by atoms with van der Waals surface area (Å²) in [5, 5.41) is 6.87. The van der Waals surface area contributed by atoms with Gasteiger partial charge in [-0.1, -0.05) is 140 Å². The summed E-state index contributed by atoms with van der Waals surface area (Å²) >= 11 is 0. The smallest absolute Gasteiger partial charge is 0.227 e. The quantitative estimate of drug-likeness (QED) is 0.162. The van der Waals surface area contributed by atoms with Gasteiger partial charge >= 0.3 is 0 Å². The summed E-state index contributed by atoms with van der Waals surface area (Å²) in [6, 6.07) is 68.1. The standard InChI is InChI=1S/C51H32N2O2/c1-3-14-33(15-4-1)36-19-13-20-39(30-36)53(45-31-37-18-7-8-21-40(37)41-22-9-10-23-42(41)45)38-28-26-34(27-29-38)48-49-47(55-51(52-49)35-16-5-2-6-17-35)32-44-43-24-11-12-25-46(43)54-50(44)48/h1-32H. The molecule has 0 fully saturated rings. The highest BCUT2D eigenvalue weighted by Crippen LogP contribution is 2.45. The van der Waals surface area contributed by atoms with Crippen LogP contribution in [0.5, 0.6) is 0 Å². The molecule has 0 radical (unpaired) electrons. The van der Waals surface area contributed by atoms with Gasteiger partial charge in [0.05, 0.1) is 11.3 Å². The van der Waals surface area contributed by atoms with Crippen LogP contribution in [-0.2, 0) is 0 Å². The van der Waals surface area contributed by atoms with Crippen LogP contribution in [0, 0.1) is 0 Å². The molecule has 0 bridgehead atoms. The van der Waals surface area contributed by atoms with Crippen LogP contribution in [-0.4, -0.2) is 4.98 Å². The van der Waals surface area contributed by atoms with Crippen molar-refractivity contribution in [2.75, 3.05) is 4.90 Å². The van der Waals surface area contributed by atoms with Gasteiger partial charge in [-0.25, -0.2) is 4.98 Å². The van der Waals surface area contributed by atoms with Crippen LogP contribution in [0.25, 0.3) is 88.3 Å². The van der Waals surface area contributed by atoms with Crippen molar-refractivity contribution >= 4 is 71.6 Å². The molecule has 2 heterocycles. The molecular formula is C51H32N2O2. The topological polar surface area (TPSA) is 42.4 Å². The van der Waals surface area contributed by atoms with Crippen LogP contribution in [0.3, 0.4) is 0 Å². The first-order valence-corrected chi connectivity index (χ1v) is 18.5. The fourth-order valence-electron chi connectivity index (χ4n) is 8.09. The van der Waals surface area contributed by atoms with E-state index in [4.69, 9.17) is 13.8 Å². The molecule has 4 heteroatoms. The number of fused-ring (bicyclic) bond motifs is 7. The van der Waals surface area contributed by atoms with Crippen molar-refractivity contribution in [1.29, 1.82) is 0 Å². The summed E-state index contributed by atoms with van der Waals surface area (Å²) < 4.78 is 13.1. The van der Waals surface area contributed by atoms with E-state index in [-0.39, 0.29) is 0 Å². The molecule has 0 spiro atoms. The second-order valence-corrected chi connectivity index (χ2v) is 13.9. The third-order valence-corrected chi connectivity index (χ3v) is 10.7. The van der Waals surface area contributed by atoms with Gasteiger partial charge in [0.25, 0.3) is 0 Å². The zero-order valence-corrected chi connectivity index (χ0v) is 29.7. The number of para-hydroxylation sites is 1. The van der Waals surface area contributed by atoms with Gasteiger partial charge in [0, 0.05) is 33.1 Å². The zero-order valence-electron chi connectivity index (χ0n) is 29.7. The van der Waals surface area contributed by atoms with Crippen LogP contribution in [0.1, 0.15) is 0 Å². The van der Waals surface area contributed by atoms with Gasteiger partial charge in [0.15, 0.2) is 5.58 Å². The Morgan fingerprint density at radius 2 is 1.04 bits per heavy atom. The Morgan fingerprint density at radius 3 is 1.84 bits per heavy atom. The van der Waals surface area contributed by atoms with Gasteiger partial charge in [-0.3, -0.25) is 0 Å². The van der Waals surface area contributed by atoms with Crippen molar-refractivity contribution in [3.05, 3.63) is 194 Å². The highest BCUT2D eigenvalue weighted by molar-refractivity contribution is 6.17. The molecule has 258 valence electrons. The lowest BCUT2D eigenvalue weighted by atomic mass is 9.97. The molecule has 0 atom stereocenters. The van der Waals surface area contributed by atoms with E-state index in [2.05, 4.69) is 150 Å². The summed E-state index contributed by atoms with van der Waals surface area (Å²) in [6.45, 7) is 0. The van der Waals surface area contributed by atoms with Crippen LogP contribution in [0.2, 0.25) is 0 Å². The lowest BCUT2D eigenvalue weighted by Crippen LogP contribution is -2.10. The number of furan rings is 1. The monoisotopic (exact) mass is 704 g/mol. The van der Waals surface area contributed by atoms with Crippen molar-refractivity contribution in [3.8, 4) is 33.7 Å². The molecule has 55 heavy (non-hydrogen) atoms. The Labute approximate surface area is 317 Å². The Bertz CT molecular complexity index is 3200. The summed E-state index contributed by atoms with van der Waals surface area (Å²) in [5.41, 5.74) is 11.5. The minimum atomic E-state index is 0.582. The van der Waals surface area contributed by atoms with E-state index >= 15 is 0 Å². The maximum absolute atomic E-state index is 6.63. The van der Waals surface area contributed by atoms with E-state index in [1.165, 1.54) is 27.1 Å². The maximum atomic E-state index is 6.63.